The van der Waals surface area contributed by atoms with E-state index in [1.807, 2.05) is 13.8 Å². The van der Waals surface area contributed by atoms with Gasteiger partial charge in [0, 0.05) is 0 Å². The maximum Gasteiger partial charge on any atom is 0.309 e. The Labute approximate surface area is 141 Å². The first-order valence-corrected chi connectivity index (χ1v) is 10.2. The van der Waals surface area contributed by atoms with Crippen molar-refractivity contribution in [1.29, 1.82) is 0 Å². The molecule has 0 heterocycles. The molecule has 7 unspecified atom stereocenters. The van der Waals surface area contributed by atoms with E-state index in [-0.39, 0.29) is 18.0 Å². The molecule has 0 N–H and O–H groups in total. The number of esters is 1. The van der Waals surface area contributed by atoms with E-state index in [2.05, 4.69) is 12.2 Å². The topological polar surface area (TPSA) is 26.3 Å². The van der Waals surface area contributed by atoms with Crippen molar-refractivity contribution in [1.82, 2.24) is 0 Å². The average molecular weight is 316 g/mol. The van der Waals surface area contributed by atoms with E-state index in [9.17, 15) is 4.79 Å². The molecular formula is C21H32O2. The van der Waals surface area contributed by atoms with Gasteiger partial charge in [0.1, 0.15) is 6.10 Å². The number of hydrogen-bond acceptors (Lipinski definition) is 2. The Morgan fingerprint density at radius 3 is 2.35 bits per heavy atom. The van der Waals surface area contributed by atoms with Crippen LogP contribution in [0.3, 0.4) is 0 Å². The second-order valence-electron chi connectivity index (χ2n) is 8.30. The lowest BCUT2D eigenvalue weighted by Gasteiger charge is -2.36. The summed E-state index contributed by atoms with van der Waals surface area (Å²) in [6, 6.07) is 0. The zero-order valence-electron chi connectivity index (χ0n) is 14.7. The number of hydrogen-bond donors (Lipinski definition) is 0. The lowest BCUT2D eigenvalue weighted by atomic mass is 9.69. The molecule has 0 aromatic carbocycles. The van der Waals surface area contributed by atoms with E-state index in [4.69, 9.17) is 4.74 Å². The Kier molecular flexibility index (Phi) is 4.28. The van der Waals surface area contributed by atoms with Crippen molar-refractivity contribution in [3.05, 3.63) is 12.2 Å². The highest BCUT2D eigenvalue weighted by Crippen LogP contribution is 2.67. The van der Waals surface area contributed by atoms with Crippen LogP contribution < -0.4 is 0 Å². The summed E-state index contributed by atoms with van der Waals surface area (Å²) in [5.41, 5.74) is 0. The molecule has 0 aliphatic heterocycles. The molecule has 23 heavy (non-hydrogen) atoms. The highest BCUT2D eigenvalue weighted by atomic mass is 16.5. The number of rotatable bonds is 2. The minimum Gasteiger partial charge on any atom is -0.462 e. The number of carbonyl (C=O) groups excluding carboxylic acids is 1. The van der Waals surface area contributed by atoms with Crippen LogP contribution in [0.4, 0.5) is 0 Å². The molecule has 5 aliphatic carbocycles. The normalized spacial score (nSPS) is 46.4. The lowest BCUT2D eigenvalue weighted by Crippen LogP contribution is -2.36. The highest BCUT2D eigenvalue weighted by molar-refractivity contribution is 5.74. The van der Waals surface area contributed by atoms with Crippen LogP contribution in [0.2, 0.25) is 0 Å². The zero-order valence-corrected chi connectivity index (χ0v) is 14.7. The maximum atomic E-state index is 12.7. The molecule has 0 spiro atoms. The molecule has 4 saturated carbocycles. The van der Waals surface area contributed by atoms with Gasteiger partial charge in [-0.05, 0) is 80.5 Å². The molecule has 0 aromatic heterocycles. The Morgan fingerprint density at radius 1 is 0.913 bits per heavy atom. The summed E-state index contributed by atoms with van der Waals surface area (Å²) in [6.07, 6.45) is 15.0. The molecule has 2 heteroatoms. The smallest absolute Gasteiger partial charge is 0.309 e. The summed E-state index contributed by atoms with van der Waals surface area (Å²) in [7, 11) is 0. The van der Waals surface area contributed by atoms with Gasteiger partial charge in [0.2, 0.25) is 0 Å². The van der Waals surface area contributed by atoms with Gasteiger partial charge in [-0.2, -0.15) is 0 Å². The van der Waals surface area contributed by atoms with E-state index in [1.54, 1.807) is 0 Å². The van der Waals surface area contributed by atoms with Gasteiger partial charge >= 0.3 is 5.97 Å². The summed E-state index contributed by atoms with van der Waals surface area (Å²) in [5, 5.41) is 0. The van der Waals surface area contributed by atoms with Crippen LogP contribution in [-0.2, 0) is 9.53 Å². The highest BCUT2D eigenvalue weighted by Gasteiger charge is 2.62. The number of ether oxygens (including phenoxy) is 1. The van der Waals surface area contributed by atoms with Gasteiger partial charge in [-0.25, -0.2) is 0 Å². The van der Waals surface area contributed by atoms with E-state index in [1.165, 1.54) is 32.1 Å². The Bertz CT molecular complexity index is 476. The molecule has 0 amide bonds. The second kappa shape index (κ2) is 6.26. The van der Waals surface area contributed by atoms with E-state index in [0.717, 1.165) is 48.9 Å². The van der Waals surface area contributed by atoms with Crippen LogP contribution in [0.1, 0.15) is 65.2 Å². The Balaban J connectivity index is 0.000000652. The van der Waals surface area contributed by atoms with Gasteiger partial charge in [0.25, 0.3) is 0 Å². The quantitative estimate of drug-likeness (QED) is 0.408. The van der Waals surface area contributed by atoms with Crippen molar-refractivity contribution < 1.29 is 9.53 Å². The van der Waals surface area contributed by atoms with Crippen LogP contribution in [0.5, 0.6) is 0 Å². The summed E-state index contributed by atoms with van der Waals surface area (Å²) in [5.74, 6) is 5.27. The van der Waals surface area contributed by atoms with Crippen LogP contribution in [0.25, 0.3) is 0 Å². The molecular weight excluding hydrogens is 284 g/mol. The van der Waals surface area contributed by atoms with Crippen molar-refractivity contribution in [2.75, 3.05) is 0 Å². The molecule has 7 atom stereocenters. The summed E-state index contributed by atoms with van der Waals surface area (Å²) in [4.78, 5) is 12.7. The fourth-order valence-corrected chi connectivity index (χ4v) is 6.72. The van der Waals surface area contributed by atoms with Crippen molar-refractivity contribution in [3.63, 3.8) is 0 Å². The molecule has 2 nitrogen and oxygen atoms in total. The fraction of sp³-hybridized carbons (Fsp3) is 0.857. The monoisotopic (exact) mass is 316 g/mol. The summed E-state index contributed by atoms with van der Waals surface area (Å²) in [6.45, 7) is 4.00. The molecule has 4 fully saturated rings. The third kappa shape index (κ3) is 2.48. The molecule has 0 saturated heterocycles. The van der Waals surface area contributed by atoms with Gasteiger partial charge in [-0.15, -0.1) is 0 Å². The van der Waals surface area contributed by atoms with Gasteiger partial charge in [0.15, 0.2) is 0 Å². The average Bonchev–Trinajstić information content (AvgIpc) is 3.36. The van der Waals surface area contributed by atoms with Crippen LogP contribution in [-0.4, -0.2) is 12.1 Å². The number of fused-ring (bicyclic) bond motifs is 9. The largest absolute Gasteiger partial charge is 0.462 e. The van der Waals surface area contributed by atoms with Crippen molar-refractivity contribution in [2.24, 2.45) is 41.4 Å². The molecule has 5 aliphatic rings. The summed E-state index contributed by atoms with van der Waals surface area (Å²) >= 11 is 0. The number of allylic oxidation sites excluding steroid dienone is 2. The van der Waals surface area contributed by atoms with Gasteiger partial charge in [0.05, 0.1) is 5.92 Å². The van der Waals surface area contributed by atoms with E-state index >= 15 is 0 Å². The van der Waals surface area contributed by atoms with Crippen molar-refractivity contribution >= 4 is 5.97 Å². The first kappa shape index (κ1) is 15.7. The molecule has 0 radical (unpaired) electrons. The summed E-state index contributed by atoms with van der Waals surface area (Å²) < 4.78 is 5.90. The zero-order chi connectivity index (χ0) is 16.0. The lowest BCUT2D eigenvalue weighted by molar-refractivity contribution is -0.158. The van der Waals surface area contributed by atoms with E-state index in [0.29, 0.717) is 5.92 Å². The van der Waals surface area contributed by atoms with Crippen molar-refractivity contribution in [3.8, 4) is 0 Å². The first-order valence-electron chi connectivity index (χ1n) is 10.2. The Morgan fingerprint density at radius 2 is 1.61 bits per heavy atom. The predicted molar refractivity (Wildman–Crippen MR) is 91.7 cm³/mol. The number of carbonyl (C=O) groups is 1. The van der Waals surface area contributed by atoms with Crippen LogP contribution in [0.15, 0.2) is 12.2 Å². The first-order chi connectivity index (χ1) is 11.3. The third-order valence-corrected chi connectivity index (χ3v) is 7.41. The molecule has 4 bridgehead atoms. The Hall–Kier alpha value is -0.790. The van der Waals surface area contributed by atoms with Gasteiger partial charge < -0.3 is 4.74 Å². The predicted octanol–water partition coefficient (Wildman–Crippen LogP) is 4.98. The molecule has 0 aromatic rings. The standard InChI is InChI=1S/C19H26O2.C2H6/c20-19(21-14-4-2-1-3-5-14)16-10-13-9-15(16)18-12-7-6-11(8-12)17(13)18;1-2/h6-7,11-18H,1-5,8-10H2;1-2H3. The van der Waals surface area contributed by atoms with Gasteiger partial charge in [-0.1, -0.05) is 32.4 Å². The van der Waals surface area contributed by atoms with Gasteiger partial charge in [-0.3, -0.25) is 4.79 Å². The molecule has 5 rings (SSSR count). The van der Waals surface area contributed by atoms with Crippen LogP contribution >= 0.6 is 0 Å². The molecule has 128 valence electrons. The third-order valence-electron chi connectivity index (χ3n) is 7.41. The van der Waals surface area contributed by atoms with Crippen molar-refractivity contribution in [2.45, 2.75) is 71.3 Å². The minimum atomic E-state index is 0.166. The van der Waals surface area contributed by atoms with Crippen LogP contribution in [0, 0.1) is 41.4 Å². The maximum absolute atomic E-state index is 12.7. The SMILES string of the molecule is CC.O=C(OC1CCCCC1)C1CC2CC1C1C3C=CC(C3)C21. The minimum absolute atomic E-state index is 0.166. The van der Waals surface area contributed by atoms with E-state index < -0.39 is 0 Å². The second-order valence-corrected chi connectivity index (χ2v) is 8.30. The fourth-order valence-electron chi connectivity index (χ4n) is 6.72.